The van der Waals surface area contributed by atoms with Crippen molar-refractivity contribution in [2.24, 2.45) is 0 Å². The van der Waals surface area contributed by atoms with Crippen LogP contribution in [-0.2, 0) is 0 Å². The van der Waals surface area contributed by atoms with E-state index >= 15 is 0 Å². The van der Waals surface area contributed by atoms with Gasteiger partial charge in [-0.25, -0.2) is 0 Å². The highest BCUT2D eigenvalue weighted by molar-refractivity contribution is 6.30. The minimum Gasteiger partial charge on any atom is -0.115 e. The summed E-state index contributed by atoms with van der Waals surface area (Å²) in [5.74, 6) is 4.85. The summed E-state index contributed by atoms with van der Waals surface area (Å²) < 4.78 is 0. The monoisotopic (exact) mass is 136 g/mol. The molecule has 0 bridgehead atoms. The first-order valence-electron chi connectivity index (χ1n) is 2.31. The van der Waals surface area contributed by atoms with Crippen molar-refractivity contribution in [1.29, 1.82) is 0 Å². The molecule has 0 aliphatic heterocycles. The van der Waals surface area contributed by atoms with Crippen LogP contribution in [-0.4, -0.2) is 0 Å². The zero-order valence-electron chi connectivity index (χ0n) is 4.76. The molecular weight excluding hydrogens is 132 g/mol. The minimum atomic E-state index is 1.58. The van der Waals surface area contributed by atoms with E-state index in [2.05, 4.69) is 17.2 Å². The highest BCUT2D eigenvalue weighted by Crippen LogP contribution is 1.74. The van der Waals surface area contributed by atoms with Crippen molar-refractivity contribution >= 4 is 11.6 Å². The van der Waals surface area contributed by atoms with Crippen molar-refractivity contribution in [1.82, 2.24) is 0 Å². The normalized spacial score (nSPS) is 8.89. The van der Waals surface area contributed by atoms with E-state index in [9.17, 15) is 0 Å². The summed E-state index contributed by atoms with van der Waals surface area (Å²) >= 11 is 5.04. The van der Waals surface area contributed by atoms with Crippen LogP contribution in [0.3, 0.4) is 0 Å². The van der Waals surface area contributed by atoms with Crippen LogP contribution in [0.1, 0.15) is 0 Å². The van der Waals surface area contributed by atoms with Gasteiger partial charge in [0.25, 0.3) is 0 Å². The largest absolute Gasteiger partial charge is 0.115 e. The second kappa shape index (κ2) is 6.89. The van der Waals surface area contributed by atoms with Crippen LogP contribution in [0.25, 0.3) is 0 Å². The van der Waals surface area contributed by atoms with Crippen molar-refractivity contribution in [2.75, 3.05) is 0 Å². The van der Waals surface area contributed by atoms with Crippen LogP contribution in [0, 0.1) is 23.6 Å². The number of terminal acetylenes is 1. The smallest absolute Gasteiger partial charge is 0.00889 e. The molecule has 0 N–H and O–H groups in total. The summed E-state index contributed by atoms with van der Waals surface area (Å²) in [6, 6.07) is 0. The first-order valence-corrected chi connectivity index (χ1v) is 2.68. The lowest BCUT2D eigenvalue weighted by molar-refractivity contribution is 1.99. The van der Waals surface area contributed by atoms with Gasteiger partial charge in [-0.3, -0.25) is 0 Å². The van der Waals surface area contributed by atoms with Crippen molar-refractivity contribution in [3.05, 3.63) is 24.3 Å². The van der Waals surface area contributed by atoms with Crippen LogP contribution in [0.4, 0.5) is 0 Å². The number of allylic oxidation sites excluding steroid dienone is 4. The molecule has 0 radical (unpaired) electrons. The first kappa shape index (κ1) is 7.89. The van der Waals surface area contributed by atoms with Crippen molar-refractivity contribution in [2.45, 2.75) is 0 Å². The van der Waals surface area contributed by atoms with Crippen LogP contribution < -0.4 is 0 Å². The zero-order valence-corrected chi connectivity index (χ0v) is 5.52. The maximum Gasteiger partial charge on any atom is 0.00889 e. The number of rotatable bonds is 1. The van der Waals surface area contributed by atoms with Gasteiger partial charge in [0.15, 0.2) is 0 Å². The zero-order chi connectivity index (χ0) is 6.95. The van der Waals surface area contributed by atoms with Gasteiger partial charge in [-0.15, -0.1) is 6.42 Å². The molecule has 9 heavy (non-hydrogen) atoms. The summed E-state index contributed by atoms with van der Waals surface area (Å²) in [7, 11) is 0. The van der Waals surface area contributed by atoms with E-state index in [1.807, 2.05) is 0 Å². The Morgan fingerprint density at radius 2 is 1.89 bits per heavy atom. The Balaban J connectivity index is 3.59. The highest BCUT2D eigenvalue weighted by atomic mass is 35.5. The number of hydrogen-bond acceptors (Lipinski definition) is 0. The topological polar surface area (TPSA) is 0 Å². The standard InChI is InChI=1S/C8H5Cl/c1-2-3-4-5-6-7-8-9/h1,3-6H/b4-3+,6-5+. The maximum absolute atomic E-state index is 5.04. The Hall–Kier alpha value is -1.11. The average Bonchev–Trinajstić information content (AvgIpc) is 1.89. The summed E-state index contributed by atoms with van der Waals surface area (Å²) in [6.07, 6.45) is 11.5. The Bertz CT molecular complexity index is 205. The lowest BCUT2D eigenvalue weighted by Gasteiger charge is -1.64. The molecule has 0 aromatic carbocycles. The second-order valence-corrected chi connectivity index (χ2v) is 1.31. The second-order valence-electron chi connectivity index (χ2n) is 1.12. The fourth-order valence-electron chi connectivity index (χ4n) is 0.246. The molecular formula is C8H5Cl. The fourth-order valence-corrected chi connectivity index (χ4v) is 0.309. The molecule has 0 spiro atoms. The van der Waals surface area contributed by atoms with Gasteiger partial charge in [-0.05, 0) is 23.8 Å². The lowest BCUT2D eigenvalue weighted by Crippen LogP contribution is -1.47. The molecule has 0 heterocycles. The van der Waals surface area contributed by atoms with Crippen LogP contribution in [0.15, 0.2) is 24.3 Å². The van der Waals surface area contributed by atoms with Crippen LogP contribution >= 0.6 is 11.6 Å². The van der Waals surface area contributed by atoms with E-state index in [1.54, 1.807) is 24.3 Å². The lowest BCUT2D eigenvalue weighted by atomic mass is 10.4. The summed E-state index contributed by atoms with van der Waals surface area (Å²) in [6.45, 7) is 0. The molecule has 0 unspecified atom stereocenters. The third-order valence-corrected chi connectivity index (χ3v) is 0.647. The molecule has 0 saturated heterocycles. The fraction of sp³-hybridized carbons (Fsp3) is 0. The Morgan fingerprint density at radius 3 is 2.44 bits per heavy atom. The van der Waals surface area contributed by atoms with Gasteiger partial charge in [-0.1, -0.05) is 24.0 Å². The first-order chi connectivity index (χ1) is 4.41. The molecule has 0 aromatic heterocycles. The van der Waals surface area contributed by atoms with Crippen LogP contribution in [0.5, 0.6) is 0 Å². The van der Waals surface area contributed by atoms with Crippen LogP contribution in [0.2, 0.25) is 0 Å². The van der Waals surface area contributed by atoms with Gasteiger partial charge >= 0.3 is 0 Å². The minimum absolute atomic E-state index is 1.58. The van der Waals surface area contributed by atoms with E-state index in [0.717, 1.165) is 0 Å². The molecule has 0 fully saturated rings. The number of hydrogen-bond donors (Lipinski definition) is 0. The number of halogens is 1. The van der Waals surface area contributed by atoms with Crippen molar-refractivity contribution in [3.8, 4) is 23.6 Å². The van der Waals surface area contributed by atoms with E-state index in [1.165, 1.54) is 0 Å². The van der Waals surface area contributed by atoms with Gasteiger partial charge in [0.2, 0.25) is 0 Å². The molecule has 0 rings (SSSR count). The molecule has 0 aliphatic rings. The third kappa shape index (κ3) is 6.89. The molecule has 0 aliphatic carbocycles. The Labute approximate surface area is 60.2 Å². The third-order valence-electron chi connectivity index (χ3n) is 0.538. The highest BCUT2D eigenvalue weighted by Gasteiger charge is 1.56. The molecule has 0 atom stereocenters. The predicted octanol–water partition coefficient (Wildman–Crippen LogP) is 1.93. The molecule has 0 saturated carbocycles. The van der Waals surface area contributed by atoms with E-state index in [0.29, 0.717) is 0 Å². The Kier molecular flexibility index (Phi) is 6.04. The predicted molar refractivity (Wildman–Crippen MR) is 40.7 cm³/mol. The van der Waals surface area contributed by atoms with Gasteiger partial charge in [0.1, 0.15) is 0 Å². The Morgan fingerprint density at radius 1 is 1.22 bits per heavy atom. The van der Waals surface area contributed by atoms with Gasteiger partial charge in [0.05, 0.1) is 0 Å². The molecule has 0 nitrogen and oxygen atoms in total. The van der Waals surface area contributed by atoms with E-state index < -0.39 is 0 Å². The quantitative estimate of drug-likeness (QED) is 0.382. The van der Waals surface area contributed by atoms with E-state index in [4.69, 9.17) is 18.0 Å². The summed E-state index contributed by atoms with van der Waals surface area (Å²) in [5.41, 5.74) is 0. The van der Waals surface area contributed by atoms with Gasteiger partial charge in [-0.2, -0.15) is 0 Å². The SMILES string of the molecule is C#C/C=C/C=C/C#CCl. The van der Waals surface area contributed by atoms with Crippen molar-refractivity contribution in [3.63, 3.8) is 0 Å². The average molecular weight is 137 g/mol. The molecule has 44 valence electrons. The summed E-state index contributed by atoms with van der Waals surface area (Å²) in [4.78, 5) is 0. The molecule has 0 aromatic rings. The maximum atomic E-state index is 5.04. The van der Waals surface area contributed by atoms with Crippen molar-refractivity contribution < 1.29 is 0 Å². The summed E-state index contributed by atoms with van der Waals surface area (Å²) in [5, 5.41) is 2.19. The molecule has 1 heteroatoms. The van der Waals surface area contributed by atoms with Gasteiger partial charge in [0, 0.05) is 5.38 Å². The van der Waals surface area contributed by atoms with Gasteiger partial charge < -0.3 is 0 Å². The van der Waals surface area contributed by atoms with E-state index in [-0.39, 0.29) is 0 Å². The molecule has 0 amide bonds.